The first-order valence-corrected chi connectivity index (χ1v) is 7.52. The highest BCUT2D eigenvalue weighted by Crippen LogP contribution is 2.27. The molecular weight excluding hydrogens is 264 g/mol. The van der Waals surface area contributed by atoms with Gasteiger partial charge in [-0.15, -0.1) is 0 Å². The lowest BCUT2D eigenvalue weighted by molar-refractivity contribution is 0.390. The van der Waals surface area contributed by atoms with Crippen molar-refractivity contribution in [3.63, 3.8) is 0 Å². The van der Waals surface area contributed by atoms with Gasteiger partial charge in [0.05, 0.1) is 25.0 Å². The Morgan fingerprint density at radius 2 is 2.05 bits per heavy atom. The standard InChI is InChI=1S/C16H24N4O/c1-4-8-18-14(11-13-6-9-17-10-7-13)16-15(21-3)12-19-20(16)5-2/h6-7,9-10,12,14,18H,4-5,8,11H2,1-3H3. The van der Waals surface area contributed by atoms with Gasteiger partial charge in [0.1, 0.15) is 0 Å². The second kappa shape index (κ2) is 7.78. The summed E-state index contributed by atoms with van der Waals surface area (Å²) in [6.45, 7) is 6.07. The Kier molecular flexibility index (Phi) is 5.75. The molecule has 0 radical (unpaired) electrons. The first-order valence-electron chi connectivity index (χ1n) is 7.52. The molecule has 2 rings (SSSR count). The molecule has 1 unspecified atom stereocenters. The number of nitrogens with zero attached hydrogens (tertiary/aromatic N) is 3. The van der Waals surface area contributed by atoms with E-state index >= 15 is 0 Å². The van der Waals surface area contributed by atoms with Gasteiger partial charge in [-0.25, -0.2) is 0 Å². The van der Waals surface area contributed by atoms with E-state index in [9.17, 15) is 0 Å². The van der Waals surface area contributed by atoms with Crippen LogP contribution < -0.4 is 10.1 Å². The quantitative estimate of drug-likeness (QED) is 0.811. The zero-order valence-corrected chi connectivity index (χ0v) is 13.0. The molecule has 0 saturated heterocycles. The van der Waals surface area contributed by atoms with Crippen LogP contribution in [0.15, 0.2) is 30.7 Å². The number of pyridine rings is 1. The molecule has 0 aromatic carbocycles. The molecule has 21 heavy (non-hydrogen) atoms. The van der Waals surface area contributed by atoms with Gasteiger partial charge >= 0.3 is 0 Å². The lowest BCUT2D eigenvalue weighted by Crippen LogP contribution is -2.27. The number of rotatable bonds is 8. The fraction of sp³-hybridized carbons (Fsp3) is 0.500. The van der Waals surface area contributed by atoms with Crippen LogP contribution in [0.3, 0.4) is 0 Å². The van der Waals surface area contributed by atoms with Crippen molar-refractivity contribution in [1.29, 1.82) is 0 Å². The van der Waals surface area contributed by atoms with Crippen LogP contribution >= 0.6 is 0 Å². The predicted octanol–water partition coefficient (Wildman–Crippen LogP) is 2.59. The van der Waals surface area contributed by atoms with Crippen LogP contribution in [-0.4, -0.2) is 28.4 Å². The monoisotopic (exact) mass is 288 g/mol. The number of nitrogens with one attached hydrogen (secondary N) is 1. The number of hydrogen-bond donors (Lipinski definition) is 1. The molecule has 0 aliphatic heterocycles. The van der Waals surface area contributed by atoms with Gasteiger partial charge in [0.2, 0.25) is 0 Å². The Labute approximate surface area is 126 Å². The molecule has 2 heterocycles. The van der Waals surface area contributed by atoms with E-state index in [0.29, 0.717) is 0 Å². The first-order chi connectivity index (χ1) is 10.3. The van der Waals surface area contributed by atoms with E-state index in [1.54, 1.807) is 13.3 Å². The topological polar surface area (TPSA) is 52.0 Å². The fourth-order valence-corrected chi connectivity index (χ4v) is 2.48. The molecule has 0 bridgehead atoms. The zero-order chi connectivity index (χ0) is 15.1. The van der Waals surface area contributed by atoms with Gasteiger partial charge in [-0.1, -0.05) is 6.92 Å². The molecule has 5 nitrogen and oxygen atoms in total. The van der Waals surface area contributed by atoms with Crippen molar-refractivity contribution >= 4 is 0 Å². The summed E-state index contributed by atoms with van der Waals surface area (Å²) in [4.78, 5) is 4.08. The van der Waals surface area contributed by atoms with Gasteiger partial charge in [0, 0.05) is 18.9 Å². The van der Waals surface area contributed by atoms with Gasteiger partial charge in [0.25, 0.3) is 0 Å². The van der Waals surface area contributed by atoms with Crippen LogP contribution in [0.4, 0.5) is 0 Å². The summed E-state index contributed by atoms with van der Waals surface area (Å²) in [7, 11) is 1.70. The third kappa shape index (κ3) is 3.82. The summed E-state index contributed by atoms with van der Waals surface area (Å²) in [6.07, 6.45) is 7.45. The minimum Gasteiger partial charge on any atom is -0.493 e. The van der Waals surface area contributed by atoms with Crippen molar-refractivity contribution in [3.8, 4) is 5.75 Å². The van der Waals surface area contributed by atoms with E-state index in [1.165, 1.54) is 5.56 Å². The largest absolute Gasteiger partial charge is 0.493 e. The molecule has 0 aliphatic rings. The van der Waals surface area contributed by atoms with Crippen LogP contribution in [-0.2, 0) is 13.0 Å². The Balaban J connectivity index is 2.28. The maximum atomic E-state index is 5.49. The molecule has 0 saturated carbocycles. The number of hydrogen-bond acceptors (Lipinski definition) is 4. The summed E-state index contributed by atoms with van der Waals surface area (Å²) in [5, 5.41) is 8.02. The van der Waals surface area contributed by atoms with Crippen molar-refractivity contribution in [3.05, 3.63) is 42.0 Å². The minimum absolute atomic E-state index is 0.185. The summed E-state index contributed by atoms with van der Waals surface area (Å²) in [6, 6.07) is 4.30. The third-order valence-electron chi connectivity index (χ3n) is 3.52. The van der Waals surface area contributed by atoms with Crippen LogP contribution in [0.2, 0.25) is 0 Å². The molecule has 0 spiro atoms. The lowest BCUT2D eigenvalue weighted by atomic mass is 10.0. The Hall–Kier alpha value is -1.88. The van der Waals surface area contributed by atoms with Crippen LogP contribution in [0.1, 0.15) is 37.6 Å². The first kappa shape index (κ1) is 15.5. The number of aromatic nitrogens is 3. The average Bonchev–Trinajstić information content (AvgIpc) is 2.95. The summed E-state index contributed by atoms with van der Waals surface area (Å²) < 4.78 is 7.50. The highest BCUT2D eigenvalue weighted by atomic mass is 16.5. The molecule has 0 fully saturated rings. The second-order valence-electron chi connectivity index (χ2n) is 4.98. The Morgan fingerprint density at radius 1 is 1.29 bits per heavy atom. The van der Waals surface area contributed by atoms with Crippen molar-refractivity contribution in [1.82, 2.24) is 20.1 Å². The average molecular weight is 288 g/mol. The van der Waals surface area contributed by atoms with Gasteiger partial charge in [-0.2, -0.15) is 5.10 Å². The Bertz CT molecular complexity index is 517. The highest BCUT2D eigenvalue weighted by Gasteiger charge is 2.21. The van der Waals surface area contributed by atoms with Crippen molar-refractivity contribution in [2.24, 2.45) is 0 Å². The summed E-state index contributed by atoms with van der Waals surface area (Å²) in [5.41, 5.74) is 2.37. The molecule has 1 atom stereocenters. The highest BCUT2D eigenvalue weighted by molar-refractivity contribution is 5.30. The van der Waals surface area contributed by atoms with Crippen LogP contribution in [0.5, 0.6) is 5.75 Å². The van der Waals surface area contributed by atoms with E-state index in [4.69, 9.17) is 4.74 Å². The molecule has 0 aliphatic carbocycles. The smallest absolute Gasteiger partial charge is 0.161 e. The number of ether oxygens (including phenoxy) is 1. The van der Waals surface area contributed by atoms with E-state index in [-0.39, 0.29) is 6.04 Å². The van der Waals surface area contributed by atoms with Gasteiger partial charge in [-0.05, 0) is 44.0 Å². The maximum Gasteiger partial charge on any atom is 0.161 e. The van der Waals surface area contributed by atoms with Crippen molar-refractivity contribution in [2.75, 3.05) is 13.7 Å². The van der Waals surface area contributed by atoms with Gasteiger partial charge < -0.3 is 10.1 Å². The molecule has 5 heteroatoms. The van der Waals surface area contributed by atoms with Crippen molar-refractivity contribution < 1.29 is 4.74 Å². The number of methoxy groups -OCH3 is 1. The fourth-order valence-electron chi connectivity index (χ4n) is 2.48. The van der Waals surface area contributed by atoms with Gasteiger partial charge in [-0.3, -0.25) is 9.67 Å². The van der Waals surface area contributed by atoms with Crippen molar-refractivity contribution in [2.45, 2.75) is 39.3 Å². The summed E-state index contributed by atoms with van der Waals surface area (Å²) in [5.74, 6) is 0.847. The maximum absolute atomic E-state index is 5.49. The van der Waals surface area contributed by atoms with E-state index in [2.05, 4.69) is 41.4 Å². The molecule has 114 valence electrons. The SMILES string of the molecule is CCCNC(Cc1ccncc1)c1c(OC)cnn1CC. The molecule has 1 N–H and O–H groups in total. The molecule has 0 amide bonds. The minimum atomic E-state index is 0.185. The molecule has 2 aromatic rings. The van der Waals surface area contributed by atoms with E-state index < -0.39 is 0 Å². The van der Waals surface area contributed by atoms with E-state index in [1.807, 2.05) is 17.1 Å². The molecule has 2 aromatic heterocycles. The van der Waals surface area contributed by atoms with Crippen LogP contribution in [0.25, 0.3) is 0 Å². The summed E-state index contributed by atoms with van der Waals surface area (Å²) >= 11 is 0. The third-order valence-corrected chi connectivity index (χ3v) is 3.52. The molecular formula is C16H24N4O. The Morgan fingerprint density at radius 3 is 2.67 bits per heavy atom. The predicted molar refractivity (Wildman–Crippen MR) is 83.4 cm³/mol. The normalized spacial score (nSPS) is 12.3. The zero-order valence-electron chi connectivity index (χ0n) is 13.0. The van der Waals surface area contributed by atoms with Crippen LogP contribution in [0, 0.1) is 0 Å². The van der Waals surface area contributed by atoms with Gasteiger partial charge in [0.15, 0.2) is 5.75 Å². The second-order valence-corrected chi connectivity index (χ2v) is 4.98. The lowest BCUT2D eigenvalue weighted by Gasteiger charge is -2.21. The number of aryl methyl sites for hydroxylation is 1. The van der Waals surface area contributed by atoms with E-state index in [0.717, 1.165) is 37.4 Å².